The number of methoxy groups -OCH3 is 1. The first-order chi connectivity index (χ1) is 9.61. The Morgan fingerprint density at radius 3 is 2.75 bits per heavy atom. The van der Waals surface area contributed by atoms with E-state index in [0.717, 1.165) is 18.5 Å². The monoisotopic (exact) mass is 274 g/mol. The average molecular weight is 274 g/mol. The first kappa shape index (κ1) is 14.8. The van der Waals surface area contributed by atoms with E-state index in [9.17, 15) is 4.79 Å². The molecule has 20 heavy (non-hydrogen) atoms. The Morgan fingerprint density at radius 1 is 1.40 bits per heavy atom. The van der Waals surface area contributed by atoms with Gasteiger partial charge in [-0.25, -0.2) is 0 Å². The molecule has 2 unspecified atom stereocenters. The molecule has 1 aliphatic rings. The number of benzene rings is 1. The molecule has 108 valence electrons. The van der Waals surface area contributed by atoms with Crippen molar-refractivity contribution in [3.63, 3.8) is 0 Å². The Labute approximate surface area is 120 Å². The van der Waals surface area contributed by atoms with Gasteiger partial charge in [0.2, 0.25) is 5.91 Å². The van der Waals surface area contributed by atoms with Crippen LogP contribution in [-0.2, 0) is 9.53 Å². The summed E-state index contributed by atoms with van der Waals surface area (Å²) < 4.78 is 5.49. The molecule has 0 aliphatic heterocycles. The number of fused-ring (bicyclic) bond motifs is 1. The van der Waals surface area contributed by atoms with Crippen molar-refractivity contribution in [2.75, 3.05) is 27.7 Å². The fourth-order valence-corrected chi connectivity index (χ4v) is 2.54. The highest BCUT2D eigenvalue weighted by Crippen LogP contribution is 2.40. The largest absolute Gasteiger partial charge is 0.377 e. The molecule has 2 rings (SSSR count). The molecule has 1 N–H and O–H groups in total. The van der Waals surface area contributed by atoms with Gasteiger partial charge in [-0.3, -0.25) is 4.79 Å². The molecule has 0 bridgehead atoms. The lowest BCUT2D eigenvalue weighted by atomic mass is 10.1. The van der Waals surface area contributed by atoms with Gasteiger partial charge in [0, 0.05) is 26.2 Å². The summed E-state index contributed by atoms with van der Waals surface area (Å²) in [5.41, 5.74) is 2.34. The van der Waals surface area contributed by atoms with Crippen molar-refractivity contribution in [3.8, 4) is 0 Å². The predicted octanol–water partition coefficient (Wildman–Crippen LogP) is 2.05. The molecule has 4 heteroatoms. The minimum absolute atomic E-state index is 0.0349. The van der Waals surface area contributed by atoms with Crippen LogP contribution in [0.25, 0.3) is 0 Å². The first-order valence-corrected chi connectivity index (χ1v) is 6.85. The van der Waals surface area contributed by atoms with E-state index < -0.39 is 0 Å². The molecule has 1 amide bonds. The third-order valence-corrected chi connectivity index (χ3v) is 3.51. The SMILES string of the molecule is COC1CC(NC(=O)/C=C/CN(C)C)c2ccccc21. The summed E-state index contributed by atoms with van der Waals surface area (Å²) in [5.74, 6) is -0.0524. The van der Waals surface area contributed by atoms with Gasteiger partial charge < -0.3 is 15.0 Å². The predicted molar refractivity (Wildman–Crippen MR) is 79.4 cm³/mol. The standard InChI is InChI=1S/C16H22N2O2/c1-18(2)10-6-9-16(19)17-14-11-15(20-3)13-8-5-4-7-12(13)14/h4-9,14-15H,10-11H2,1-3H3,(H,17,19)/b9-6+. The van der Waals surface area contributed by atoms with Gasteiger partial charge in [-0.15, -0.1) is 0 Å². The number of hydrogen-bond donors (Lipinski definition) is 1. The molecule has 0 aromatic heterocycles. The summed E-state index contributed by atoms with van der Waals surface area (Å²) in [7, 11) is 5.65. The summed E-state index contributed by atoms with van der Waals surface area (Å²) in [6, 6.07) is 8.16. The fraction of sp³-hybridized carbons (Fsp3) is 0.438. The number of carbonyl (C=O) groups is 1. The van der Waals surface area contributed by atoms with Crippen LogP contribution >= 0.6 is 0 Å². The van der Waals surface area contributed by atoms with E-state index in [1.807, 2.05) is 37.2 Å². The maximum Gasteiger partial charge on any atom is 0.244 e. The quantitative estimate of drug-likeness (QED) is 0.836. The van der Waals surface area contributed by atoms with Gasteiger partial charge in [0.1, 0.15) is 0 Å². The zero-order chi connectivity index (χ0) is 14.5. The second-order valence-corrected chi connectivity index (χ2v) is 5.31. The zero-order valence-corrected chi connectivity index (χ0v) is 12.3. The Morgan fingerprint density at radius 2 is 2.10 bits per heavy atom. The van der Waals surface area contributed by atoms with E-state index in [2.05, 4.69) is 17.4 Å². The highest BCUT2D eigenvalue weighted by atomic mass is 16.5. The van der Waals surface area contributed by atoms with Crippen LogP contribution in [0.2, 0.25) is 0 Å². The van der Waals surface area contributed by atoms with Crippen molar-refractivity contribution in [1.29, 1.82) is 0 Å². The molecule has 0 radical (unpaired) electrons. The molecule has 1 aromatic carbocycles. The normalized spacial score (nSPS) is 21.4. The van der Waals surface area contributed by atoms with Crippen LogP contribution in [0.15, 0.2) is 36.4 Å². The van der Waals surface area contributed by atoms with Gasteiger partial charge in [0.05, 0.1) is 12.1 Å². The number of ether oxygens (including phenoxy) is 1. The van der Waals surface area contributed by atoms with Crippen molar-refractivity contribution < 1.29 is 9.53 Å². The van der Waals surface area contributed by atoms with E-state index >= 15 is 0 Å². The van der Waals surface area contributed by atoms with Gasteiger partial charge >= 0.3 is 0 Å². The summed E-state index contributed by atoms with van der Waals surface area (Å²) in [6.45, 7) is 0.759. The van der Waals surface area contributed by atoms with Gasteiger partial charge in [-0.1, -0.05) is 30.3 Å². The summed E-state index contributed by atoms with van der Waals surface area (Å²) in [4.78, 5) is 13.9. The van der Waals surface area contributed by atoms with Crippen molar-refractivity contribution in [3.05, 3.63) is 47.5 Å². The average Bonchev–Trinajstić information content (AvgIpc) is 2.77. The first-order valence-electron chi connectivity index (χ1n) is 6.85. The maximum absolute atomic E-state index is 11.9. The molecule has 0 saturated carbocycles. The molecule has 4 nitrogen and oxygen atoms in total. The van der Waals surface area contributed by atoms with Crippen molar-refractivity contribution in [2.45, 2.75) is 18.6 Å². The second-order valence-electron chi connectivity index (χ2n) is 5.31. The number of carbonyl (C=O) groups excluding carboxylic acids is 1. The lowest BCUT2D eigenvalue weighted by molar-refractivity contribution is -0.117. The summed E-state index contributed by atoms with van der Waals surface area (Å²) in [6.07, 6.45) is 4.33. The Bertz CT molecular complexity index is 497. The molecule has 1 aromatic rings. The zero-order valence-electron chi connectivity index (χ0n) is 12.3. The lowest BCUT2D eigenvalue weighted by Gasteiger charge is -2.13. The number of rotatable bonds is 5. The van der Waals surface area contributed by atoms with E-state index in [0.29, 0.717) is 0 Å². The number of amides is 1. The van der Waals surface area contributed by atoms with Crippen LogP contribution < -0.4 is 5.32 Å². The molecule has 0 spiro atoms. The number of likely N-dealkylation sites (N-methyl/N-ethyl adjacent to an activating group) is 1. The van der Waals surface area contributed by atoms with Crippen molar-refractivity contribution in [2.24, 2.45) is 0 Å². The van der Waals surface area contributed by atoms with Gasteiger partial charge in [0.25, 0.3) is 0 Å². The molecule has 1 aliphatic carbocycles. The maximum atomic E-state index is 11.9. The lowest BCUT2D eigenvalue weighted by Crippen LogP contribution is -2.25. The minimum Gasteiger partial charge on any atom is -0.377 e. The smallest absolute Gasteiger partial charge is 0.244 e. The molecule has 0 fully saturated rings. The van der Waals surface area contributed by atoms with Crippen LogP contribution in [0.1, 0.15) is 29.7 Å². The number of nitrogens with one attached hydrogen (secondary N) is 1. The van der Waals surface area contributed by atoms with Crippen molar-refractivity contribution >= 4 is 5.91 Å². The third-order valence-electron chi connectivity index (χ3n) is 3.51. The number of nitrogens with zero attached hydrogens (tertiary/aromatic N) is 1. The van der Waals surface area contributed by atoms with Crippen molar-refractivity contribution in [1.82, 2.24) is 10.2 Å². The van der Waals surface area contributed by atoms with E-state index in [1.165, 1.54) is 5.56 Å². The number of hydrogen-bond acceptors (Lipinski definition) is 3. The van der Waals surface area contributed by atoms with Crippen LogP contribution in [0.5, 0.6) is 0 Å². The molecule has 0 heterocycles. The highest BCUT2D eigenvalue weighted by Gasteiger charge is 2.31. The molecule has 0 saturated heterocycles. The van der Waals surface area contributed by atoms with Crippen LogP contribution in [0.4, 0.5) is 0 Å². The minimum atomic E-state index is -0.0524. The fourth-order valence-electron chi connectivity index (χ4n) is 2.54. The van der Waals surface area contributed by atoms with Gasteiger partial charge in [-0.05, 0) is 25.2 Å². The molecular formula is C16H22N2O2. The third kappa shape index (κ3) is 3.46. The van der Waals surface area contributed by atoms with E-state index in [1.54, 1.807) is 13.2 Å². The van der Waals surface area contributed by atoms with E-state index in [4.69, 9.17) is 4.74 Å². The Balaban J connectivity index is 2.01. The summed E-state index contributed by atoms with van der Waals surface area (Å²) in [5, 5.41) is 3.05. The van der Waals surface area contributed by atoms with Gasteiger partial charge in [0.15, 0.2) is 0 Å². The molecule has 2 atom stereocenters. The van der Waals surface area contributed by atoms with Gasteiger partial charge in [-0.2, -0.15) is 0 Å². The van der Waals surface area contributed by atoms with Crippen LogP contribution in [0.3, 0.4) is 0 Å². The molecular weight excluding hydrogens is 252 g/mol. The Hall–Kier alpha value is -1.65. The summed E-state index contributed by atoms with van der Waals surface area (Å²) >= 11 is 0. The van der Waals surface area contributed by atoms with E-state index in [-0.39, 0.29) is 18.1 Å². The topological polar surface area (TPSA) is 41.6 Å². The highest BCUT2D eigenvalue weighted by molar-refractivity contribution is 5.87. The van der Waals surface area contributed by atoms with Crippen LogP contribution in [-0.4, -0.2) is 38.6 Å². The second kappa shape index (κ2) is 6.68. The van der Waals surface area contributed by atoms with Crippen LogP contribution in [0, 0.1) is 0 Å². The Kier molecular flexibility index (Phi) is 4.93.